The Morgan fingerprint density at radius 1 is 1.14 bits per heavy atom. The standard InChI is InChI=1S/C16H15ClN2O2/c1-10(2)16-18-15(21-19-16)9-20-14-8-7-13(17)11-5-3-4-6-12(11)14/h3-8,10H,9H2,1-2H3. The van der Waals surface area contributed by atoms with Crippen molar-refractivity contribution >= 4 is 22.4 Å². The van der Waals surface area contributed by atoms with E-state index in [4.69, 9.17) is 20.9 Å². The van der Waals surface area contributed by atoms with E-state index in [0.717, 1.165) is 16.5 Å². The lowest BCUT2D eigenvalue weighted by molar-refractivity contribution is 0.244. The smallest absolute Gasteiger partial charge is 0.264 e. The summed E-state index contributed by atoms with van der Waals surface area (Å²) in [5, 5.41) is 6.55. The first kappa shape index (κ1) is 13.9. The SMILES string of the molecule is CC(C)c1noc(COc2ccc(Cl)c3ccccc23)n1. The van der Waals surface area contributed by atoms with Crippen LogP contribution in [0.25, 0.3) is 10.8 Å². The number of hydrogen-bond donors (Lipinski definition) is 0. The van der Waals surface area contributed by atoms with Gasteiger partial charge in [-0.05, 0) is 12.1 Å². The summed E-state index contributed by atoms with van der Waals surface area (Å²) >= 11 is 6.19. The molecule has 108 valence electrons. The third kappa shape index (κ3) is 2.85. The van der Waals surface area contributed by atoms with Crippen LogP contribution in [0.15, 0.2) is 40.9 Å². The third-order valence-electron chi connectivity index (χ3n) is 3.18. The molecular formula is C16H15ClN2O2. The lowest BCUT2D eigenvalue weighted by atomic mass is 10.1. The quantitative estimate of drug-likeness (QED) is 0.708. The van der Waals surface area contributed by atoms with Crippen LogP contribution in [0.1, 0.15) is 31.5 Å². The predicted molar refractivity (Wildman–Crippen MR) is 81.7 cm³/mol. The minimum Gasteiger partial charge on any atom is -0.483 e. The maximum absolute atomic E-state index is 6.19. The number of halogens is 1. The van der Waals surface area contributed by atoms with Crippen molar-refractivity contribution in [2.75, 3.05) is 0 Å². The van der Waals surface area contributed by atoms with E-state index in [2.05, 4.69) is 10.1 Å². The van der Waals surface area contributed by atoms with E-state index in [9.17, 15) is 0 Å². The highest BCUT2D eigenvalue weighted by Crippen LogP contribution is 2.31. The van der Waals surface area contributed by atoms with Crippen molar-refractivity contribution in [3.05, 3.63) is 53.1 Å². The predicted octanol–water partition coefficient (Wildman–Crippen LogP) is 4.58. The monoisotopic (exact) mass is 302 g/mol. The van der Waals surface area contributed by atoms with Gasteiger partial charge in [0.25, 0.3) is 5.89 Å². The molecule has 0 N–H and O–H groups in total. The van der Waals surface area contributed by atoms with Gasteiger partial charge in [0.1, 0.15) is 5.75 Å². The fraction of sp³-hybridized carbons (Fsp3) is 0.250. The first-order valence-corrected chi connectivity index (χ1v) is 7.15. The Bertz CT molecular complexity index is 768. The minimum absolute atomic E-state index is 0.235. The Morgan fingerprint density at radius 3 is 2.62 bits per heavy atom. The maximum Gasteiger partial charge on any atom is 0.264 e. The Labute approximate surface area is 127 Å². The second-order valence-electron chi connectivity index (χ2n) is 5.08. The zero-order valence-electron chi connectivity index (χ0n) is 11.8. The molecular weight excluding hydrogens is 288 g/mol. The number of nitrogens with zero attached hydrogens (tertiary/aromatic N) is 2. The van der Waals surface area contributed by atoms with Crippen LogP contribution in [0, 0.1) is 0 Å². The molecule has 0 bridgehead atoms. The summed E-state index contributed by atoms with van der Waals surface area (Å²) in [7, 11) is 0. The third-order valence-corrected chi connectivity index (χ3v) is 3.51. The van der Waals surface area contributed by atoms with Gasteiger partial charge in [0.2, 0.25) is 0 Å². The van der Waals surface area contributed by atoms with Gasteiger partial charge in [-0.2, -0.15) is 4.98 Å². The number of fused-ring (bicyclic) bond motifs is 1. The van der Waals surface area contributed by atoms with Gasteiger partial charge in [-0.25, -0.2) is 0 Å². The molecule has 0 aliphatic heterocycles. The average molecular weight is 303 g/mol. The molecule has 1 aromatic heterocycles. The highest BCUT2D eigenvalue weighted by atomic mass is 35.5. The molecule has 2 aromatic carbocycles. The van der Waals surface area contributed by atoms with E-state index in [1.165, 1.54) is 0 Å². The molecule has 21 heavy (non-hydrogen) atoms. The van der Waals surface area contributed by atoms with E-state index in [-0.39, 0.29) is 12.5 Å². The Hall–Kier alpha value is -2.07. The van der Waals surface area contributed by atoms with E-state index in [1.807, 2.05) is 50.2 Å². The van der Waals surface area contributed by atoms with Gasteiger partial charge in [-0.1, -0.05) is 54.9 Å². The highest BCUT2D eigenvalue weighted by molar-refractivity contribution is 6.35. The molecule has 1 heterocycles. The van der Waals surface area contributed by atoms with Crippen LogP contribution >= 0.6 is 11.6 Å². The van der Waals surface area contributed by atoms with Crippen LogP contribution < -0.4 is 4.74 Å². The van der Waals surface area contributed by atoms with E-state index in [0.29, 0.717) is 16.7 Å². The average Bonchev–Trinajstić information content (AvgIpc) is 2.96. The molecule has 0 spiro atoms. The van der Waals surface area contributed by atoms with Crippen LogP contribution in [0.5, 0.6) is 5.75 Å². The van der Waals surface area contributed by atoms with Crippen molar-refractivity contribution < 1.29 is 9.26 Å². The molecule has 0 aliphatic carbocycles. The molecule has 5 heteroatoms. The molecule has 0 saturated carbocycles. The molecule has 3 aromatic rings. The summed E-state index contributed by atoms with van der Waals surface area (Å²) < 4.78 is 11.0. The Balaban J connectivity index is 1.83. The van der Waals surface area contributed by atoms with E-state index >= 15 is 0 Å². The van der Waals surface area contributed by atoms with Gasteiger partial charge in [0.05, 0.1) is 0 Å². The van der Waals surface area contributed by atoms with Crippen molar-refractivity contribution in [1.82, 2.24) is 10.1 Å². The van der Waals surface area contributed by atoms with Gasteiger partial charge in [-0.15, -0.1) is 0 Å². The van der Waals surface area contributed by atoms with Gasteiger partial charge < -0.3 is 9.26 Å². The fourth-order valence-electron chi connectivity index (χ4n) is 2.06. The lowest BCUT2D eigenvalue weighted by Gasteiger charge is -2.08. The highest BCUT2D eigenvalue weighted by Gasteiger charge is 2.11. The maximum atomic E-state index is 6.19. The number of benzene rings is 2. The summed E-state index contributed by atoms with van der Waals surface area (Å²) in [5.41, 5.74) is 0. The number of rotatable bonds is 4. The molecule has 3 rings (SSSR count). The normalized spacial score (nSPS) is 11.2. The van der Waals surface area contributed by atoms with Gasteiger partial charge in [-0.3, -0.25) is 0 Å². The molecule has 0 amide bonds. The summed E-state index contributed by atoms with van der Waals surface area (Å²) in [6.45, 7) is 4.27. The second-order valence-corrected chi connectivity index (χ2v) is 5.49. The Morgan fingerprint density at radius 2 is 1.90 bits per heavy atom. The largest absolute Gasteiger partial charge is 0.483 e. The first-order valence-electron chi connectivity index (χ1n) is 6.77. The number of hydrogen-bond acceptors (Lipinski definition) is 4. The summed E-state index contributed by atoms with van der Waals surface area (Å²) in [4.78, 5) is 4.29. The van der Waals surface area contributed by atoms with Crippen LogP contribution in [0.2, 0.25) is 5.02 Å². The van der Waals surface area contributed by atoms with Crippen molar-refractivity contribution in [3.63, 3.8) is 0 Å². The Kier molecular flexibility index (Phi) is 3.80. The van der Waals surface area contributed by atoms with E-state index < -0.39 is 0 Å². The topological polar surface area (TPSA) is 48.2 Å². The molecule has 0 atom stereocenters. The molecule has 4 nitrogen and oxygen atoms in total. The first-order chi connectivity index (χ1) is 10.1. The van der Waals surface area contributed by atoms with Crippen molar-refractivity contribution in [2.24, 2.45) is 0 Å². The van der Waals surface area contributed by atoms with Gasteiger partial charge in [0.15, 0.2) is 12.4 Å². The second kappa shape index (κ2) is 5.74. The van der Waals surface area contributed by atoms with Gasteiger partial charge in [0, 0.05) is 21.7 Å². The van der Waals surface area contributed by atoms with Crippen molar-refractivity contribution in [3.8, 4) is 5.75 Å². The summed E-state index contributed by atoms with van der Waals surface area (Å²) in [6, 6.07) is 11.5. The van der Waals surface area contributed by atoms with Gasteiger partial charge >= 0.3 is 0 Å². The zero-order chi connectivity index (χ0) is 14.8. The number of ether oxygens (including phenoxy) is 1. The van der Waals surface area contributed by atoms with Crippen LogP contribution in [-0.4, -0.2) is 10.1 Å². The lowest BCUT2D eigenvalue weighted by Crippen LogP contribution is -1.97. The van der Waals surface area contributed by atoms with Crippen LogP contribution in [0.4, 0.5) is 0 Å². The molecule has 0 unspecified atom stereocenters. The molecule has 0 fully saturated rings. The van der Waals surface area contributed by atoms with Crippen LogP contribution in [0.3, 0.4) is 0 Å². The van der Waals surface area contributed by atoms with E-state index in [1.54, 1.807) is 0 Å². The van der Waals surface area contributed by atoms with Crippen molar-refractivity contribution in [2.45, 2.75) is 26.4 Å². The number of aromatic nitrogens is 2. The zero-order valence-corrected chi connectivity index (χ0v) is 12.6. The van der Waals surface area contributed by atoms with Crippen LogP contribution in [-0.2, 0) is 6.61 Å². The molecule has 0 radical (unpaired) electrons. The van der Waals surface area contributed by atoms with Crippen molar-refractivity contribution in [1.29, 1.82) is 0 Å². The molecule has 0 aliphatic rings. The fourth-order valence-corrected chi connectivity index (χ4v) is 2.29. The summed E-state index contributed by atoms with van der Waals surface area (Å²) in [6.07, 6.45) is 0. The molecule has 0 saturated heterocycles. The summed E-state index contributed by atoms with van der Waals surface area (Å²) in [5.74, 6) is 2.14. The minimum atomic E-state index is 0.235.